The van der Waals surface area contributed by atoms with E-state index in [1.165, 1.54) is 0 Å². The molecule has 1 aromatic carbocycles. The highest BCUT2D eigenvalue weighted by Gasteiger charge is 2.17. The second kappa shape index (κ2) is 2.48. The van der Waals surface area contributed by atoms with Crippen molar-refractivity contribution in [2.75, 3.05) is 6.61 Å². The lowest BCUT2D eigenvalue weighted by molar-refractivity contribution is 0.346. The summed E-state index contributed by atoms with van der Waals surface area (Å²) < 4.78 is 7.32. The standard InChI is InChI=1S/C10H7N3O/c11-6-7-1-2-8-9(5-7)13-3-4-14-10(13)12-8/h1-2,5H,3-4H2. The predicted octanol–water partition coefficient (Wildman–Crippen LogP) is 1.30. The molecule has 1 aliphatic heterocycles. The van der Waals surface area contributed by atoms with Crippen molar-refractivity contribution in [3.8, 4) is 12.1 Å². The molecule has 0 unspecified atom stereocenters. The van der Waals surface area contributed by atoms with E-state index in [2.05, 4.69) is 11.1 Å². The van der Waals surface area contributed by atoms with E-state index in [9.17, 15) is 0 Å². The summed E-state index contributed by atoms with van der Waals surface area (Å²) in [5.41, 5.74) is 2.53. The van der Waals surface area contributed by atoms with E-state index in [4.69, 9.17) is 10.00 Å². The molecule has 0 amide bonds. The summed E-state index contributed by atoms with van der Waals surface area (Å²) in [5.74, 6) is 0. The SMILES string of the molecule is N#Cc1ccc2nc3n(c2c1)CCO3. The van der Waals surface area contributed by atoms with Gasteiger partial charge in [-0.2, -0.15) is 10.2 Å². The Morgan fingerprint density at radius 3 is 3.29 bits per heavy atom. The first-order valence-corrected chi connectivity index (χ1v) is 4.42. The van der Waals surface area contributed by atoms with Crippen LogP contribution in [0.1, 0.15) is 5.56 Å². The van der Waals surface area contributed by atoms with Crippen LogP contribution in [0.15, 0.2) is 18.2 Å². The third kappa shape index (κ3) is 0.839. The third-order valence-corrected chi connectivity index (χ3v) is 2.39. The van der Waals surface area contributed by atoms with Crippen LogP contribution in [0, 0.1) is 11.3 Å². The van der Waals surface area contributed by atoms with Crippen molar-refractivity contribution >= 4 is 11.0 Å². The van der Waals surface area contributed by atoms with Crippen LogP contribution >= 0.6 is 0 Å². The zero-order chi connectivity index (χ0) is 9.54. The van der Waals surface area contributed by atoms with Gasteiger partial charge in [-0.3, -0.25) is 4.57 Å². The number of hydrogen-bond donors (Lipinski definition) is 0. The number of rotatable bonds is 0. The molecule has 1 aromatic heterocycles. The molecule has 1 aliphatic rings. The van der Waals surface area contributed by atoms with Crippen molar-refractivity contribution < 1.29 is 4.74 Å². The van der Waals surface area contributed by atoms with Crippen molar-refractivity contribution in [3.63, 3.8) is 0 Å². The number of nitrogens with zero attached hydrogens (tertiary/aromatic N) is 3. The first-order valence-electron chi connectivity index (χ1n) is 4.42. The first kappa shape index (κ1) is 7.39. The van der Waals surface area contributed by atoms with Gasteiger partial charge in [0.2, 0.25) is 0 Å². The molecule has 0 radical (unpaired) electrons. The van der Waals surface area contributed by atoms with Gasteiger partial charge in [0.25, 0.3) is 6.01 Å². The topological polar surface area (TPSA) is 50.8 Å². The van der Waals surface area contributed by atoms with Gasteiger partial charge < -0.3 is 4.74 Å². The minimum absolute atomic E-state index is 0.659. The molecular formula is C10H7N3O. The Bertz CT molecular complexity index is 550. The first-order chi connectivity index (χ1) is 6.88. The Morgan fingerprint density at radius 1 is 1.50 bits per heavy atom. The predicted molar refractivity (Wildman–Crippen MR) is 49.9 cm³/mol. The van der Waals surface area contributed by atoms with Gasteiger partial charge in [-0.1, -0.05) is 0 Å². The van der Waals surface area contributed by atoms with Crippen molar-refractivity contribution in [2.24, 2.45) is 0 Å². The Morgan fingerprint density at radius 2 is 2.43 bits per heavy atom. The summed E-state index contributed by atoms with van der Waals surface area (Å²) in [4.78, 5) is 4.30. The maximum absolute atomic E-state index is 8.77. The molecule has 0 atom stereocenters. The number of benzene rings is 1. The number of hydrogen-bond acceptors (Lipinski definition) is 3. The molecular weight excluding hydrogens is 178 g/mol. The summed E-state index contributed by atoms with van der Waals surface area (Å²) >= 11 is 0. The van der Waals surface area contributed by atoms with Crippen molar-refractivity contribution in [3.05, 3.63) is 23.8 Å². The molecule has 0 bridgehead atoms. The molecule has 0 aliphatic carbocycles. The van der Waals surface area contributed by atoms with E-state index in [-0.39, 0.29) is 0 Å². The Labute approximate surface area is 80.3 Å². The smallest absolute Gasteiger partial charge is 0.297 e. The quantitative estimate of drug-likeness (QED) is 0.621. The molecule has 0 saturated carbocycles. The zero-order valence-electron chi connectivity index (χ0n) is 7.40. The van der Waals surface area contributed by atoms with Crippen LogP contribution < -0.4 is 4.74 Å². The number of imidazole rings is 1. The second-order valence-corrected chi connectivity index (χ2v) is 3.21. The van der Waals surface area contributed by atoms with E-state index in [0.717, 1.165) is 17.6 Å². The van der Waals surface area contributed by atoms with E-state index < -0.39 is 0 Å². The van der Waals surface area contributed by atoms with Crippen LogP contribution in [0.4, 0.5) is 0 Å². The fourth-order valence-electron chi connectivity index (χ4n) is 1.72. The molecule has 68 valence electrons. The summed E-state index contributed by atoms with van der Waals surface area (Å²) in [6.07, 6.45) is 0. The minimum Gasteiger partial charge on any atom is -0.463 e. The van der Waals surface area contributed by atoms with Gasteiger partial charge in [-0.25, -0.2) is 0 Å². The van der Waals surface area contributed by atoms with Crippen molar-refractivity contribution in [1.29, 1.82) is 5.26 Å². The Balaban J connectivity index is 2.36. The normalized spacial score (nSPS) is 13.6. The van der Waals surface area contributed by atoms with Gasteiger partial charge in [0, 0.05) is 0 Å². The number of nitriles is 1. The van der Waals surface area contributed by atoms with E-state index in [0.29, 0.717) is 18.2 Å². The van der Waals surface area contributed by atoms with Gasteiger partial charge >= 0.3 is 0 Å². The van der Waals surface area contributed by atoms with Crippen molar-refractivity contribution in [1.82, 2.24) is 9.55 Å². The molecule has 3 rings (SSSR count). The molecule has 4 nitrogen and oxygen atoms in total. The molecule has 0 spiro atoms. The number of ether oxygens (including phenoxy) is 1. The molecule has 0 fully saturated rings. The van der Waals surface area contributed by atoms with Gasteiger partial charge in [0.15, 0.2) is 0 Å². The molecule has 4 heteroatoms. The van der Waals surface area contributed by atoms with E-state index in [1.54, 1.807) is 6.07 Å². The fourth-order valence-corrected chi connectivity index (χ4v) is 1.72. The Hall–Kier alpha value is -2.02. The molecule has 0 saturated heterocycles. The van der Waals surface area contributed by atoms with Gasteiger partial charge in [-0.05, 0) is 18.2 Å². The highest BCUT2D eigenvalue weighted by Crippen LogP contribution is 2.25. The average Bonchev–Trinajstić information content (AvgIpc) is 2.76. The average molecular weight is 185 g/mol. The van der Waals surface area contributed by atoms with E-state index in [1.807, 2.05) is 16.7 Å². The zero-order valence-corrected chi connectivity index (χ0v) is 7.40. The van der Waals surface area contributed by atoms with Gasteiger partial charge in [0.1, 0.15) is 6.61 Å². The Kier molecular flexibility index (Phi) is 1.31. The summed E-state index contributed by atoms with van der Waals surface area (Å²) in [6, 6.07) is 8.25. The summed E-state index contributed by atoms with van der Waals surface area (Å²) in [7, 11) is 0. The highest BCUT2D eigenvalue weighted by molar-refractivity contribution is 5.78. The maximum atomic E-state index is 8.77. The molecule has 0 N–H and O–H groups in total. The third-order valence-electron chi connectivity index (χ3n) is 2.39. The summed E-state index contributed by atoms with van der Waals surface area (Å²) in [5, 5.41) is 8.77. The summed E-state index contributed by atoms with van der Waals surface area (Å²) in [6.45, 7) is 1.50. The fraction of sp³-hybridized carbons (Fsp3) is 0.200. The minimum atomic E-state index is 0.659. The van der Waals surface area contributed by atoms with E-state index >= 15 is 0 Å². The molecule has 14 heavy (non-hydrogen) atoms. The van der Waals surface area contributed by atoms with Crippen molar-refractivity contribution in [2.45, 2.75) is 6.54 Å². The lowest BCUT2D eigenvalue weighted by atomic mass is 10.2. The largest absolute Gasteiger partial charge is 0.463 e. The number of aromatic nitrogens is 2. The molecule has 2 aromatic rings. The van der Waals surface area contributed by atoms with Crippen LogP contribution in [0.2, 0.25) is 0 Å². The second-order valence-electron chi connectivity index (χ2n) is 3.21. The van der Waals surface area contributed by atoms with Crippen LogP contribution in [-0.2, 0) is 6.54 Å². The monoisotopic (exact) mass is 185 g/mol. The lowest BCUT2D eigenvalue weighted by Gasteiger charge is -1.94. The lowest BCUT2D eigenvalue weighted by Crippen LogP contribution is -1.93. The van der Waals surface area contributed by atoms with Crippen LogP contribution in [0.3, 0.4) is 0 Å². The highest BCUT2D eigenvalue weighted by atomic mass is 16.5. The van der Waals surface area contributed by atoms with Crippen LogP contribution in [0.5, 0.6) is 6.01 Å². The number of fused-ring (bicyclic) bond motifs is 3. The van der Waals surface area contributed by atoms with Gasteiger partial charge in [0.05, 0.1) is 29.2 Å². The van der Waals surface area contributed by atoms with Crippen LogP contribution in [0.25, 0.3) is 11.0 Å². The van der Waals surface area contributed by atoms with Gasteiger partial charge in [-0.15, -0.1) is 0 Å². The van der Waals surface area contributed by atoms with Crippen LogP contribution in [-0.4, -0.2) is 16.2 Å². The maximum Gasteiger partial charge on any atom is 0.297 e. The molecule has 2 heterocycles.